The van der Waals surface area contributed by atoms with E-state index in [1.165, 1.54) is 0 Å². The summed E-state index contributed by atoms with van der Waals surface area (Å²) < 4.78 is 21.4. The third-order valence-corrected chi connectivity index (χ3v) is 2.40. The third-order valence-electron chi connectivity index (χ3n) is 1.42. The van der Waals surface area contributed by atoms with Gasteiger partial charge in [-0.05, 0) is 6.42 Å². The van der Waals surface area contributed by atoms with Crippen LogP contribution >= 0.6 is 0 Å². The SMILES string of the molecule is CS(=O)(=O)CC[C@H](NC(=O)O)C(N)=O. The molecule has 4 N–H and O–H groups in total. The molecule has 8 heteroatoms. The smallest absolute Gasteiger partial charge is 0.405 e. The molecule has 0 aromatic heterocycles. The molecule has 0 aliphatic rings. The molecule has 7 nitrogen and oxygen atoms in total. The Labute approximate surface area is 81.2 Å². The van der Waals surface area contributed by atoms with Gasteiger partial charge in [0.2, 0.25) is 5.91 Å². The van der Waals surface area contributed by atoms with Gasteiger partial charge in [-0.25, -0.2) is 13.2 Å². The highest BCUT2D eigenvalue weighted by Crippen LogP contribution is 1.95. The number of carbonyl (C=O) groups is 2. The number of primary amides is 1. The van der Waals surface area contributed by atoms with Crippen molar-refractivity contribution in [1.29, 1.82) is 0 Å². The summed E-state index contributed by atoms with van der Waals surface area (Å²) in [6, 6.07) is -1.16. The van der Waals surface area contributed by atoms with Crippen molar-refractivity contribution in [3.8, 4) is 0 Å². The first-order chi connectivity index (χ1) is 6.22. The zero-order chi connectivity index (χ0) is 11.4. The normalized spacial score (nSPS) is 13.2. The van der Waals surface area contributed by atoms with Crippen molar-refractivity contribution in [1.82, 2.24) is 5.32 Å². The first kappa shape index (κ1) is 12.7. The maximum atomic E-state index is 10.7. The second-order valence-electron chi connectivity index (χ2n) is 2.82. The fraction of sp³-hybridized carbons (Fsp3) is 0.667. The highest BCUT2D eigenvalue weighted by atomic mass is 32.2. The van der Waals surface area contributed by atoms with E-state index in [9.17, 15) is 18.0 Å². The summed E-state index contributed by atoms with van der Waals surface area (Å²) in [5.41, 5.74) is 4.85. The minimum absolute atomic E-state index is 0.152. The zero-order valence-electron chi connectivity index (χ0n) is 7.56. The summed E-state index contributed by atoms with van der Waals surface area (Å²) in [4.78, 5) is 20.8. The molecule has 1 atom stereocenters. The van der Waals surface area contributed by atoms with Crippen LogP contribution in [0.4, 0.5) is 4.79 Å². The Bertz CT molecular complexity index is 323. The van der Waals surface area contributed by atoms with Gasteiger partial charge < -0.3 is 16.2 Å². The number of hydrogen-bond donors (Lipinski definition) is 3. The van der Waals surface area contributed by atoms with Crippen LogP contribution in [0.25, 0.3) is 0 Å². The molecule has 2 amide bonds. The lowest BCUT2D eigenvalue weighted by Crippen LogP contribution is -2.44. The monoisotopic (exact) mass is 224 g/mol. The molecule has 0 saturated carbocycles. The van der Waals surface area contributed by atoms with E-state index in [1.807, 2.05) is 5.32 Å². The van der Waals surface area contributed by atoms with Crippen molar-refractivity contribution in [2.75, 3.05) is 12.0 Å². The predicted molar refractivity (Wildman–Crippen MR) is 48.5 cm³/mol. The lowest BCUT2D eigenvalue weighted by Gasteiger charge is -2.11. The van der Waals surface area contributed by atoms with Gasteiger partial charge in [-0.2, -0.15) is 0 Å². The van der Waals surface area contributed by atoms with Gasteiger partial charge in [0.25, 0.3) is 0 Å². The molecule has 0 rings (SSSR count). The van der Waals surface area contributed by atoms with Crippen LogP contribution in [0.2, 0.25) is 0 Å². The van der Waals surface area contributed by atoms with Crippen LogP contribution in [0.5, 0.6) is 0 Å². The average molecular weight is 224 g/mol. The summed E-state index contributed by atoms with van der Waals surface area (Å²) in [5.74, 6) is -1.18. The Morgan fingerprint density at radius 3 is 2.29 bits per heavy atom. The van der Waals surface area contributed by atoms with Crippen molar-refractivity contribution in [3.05, 3.63) is 0 Å². The minimum Gasteiger partial charge on any atom is -0.465 e. The van der Waals surface area contributed by atoms with Crippen molar-refractivity contribution < 1.29 is 23.1 Å². The average Bonchev–Trinajstić information content (AvgIpc) is 1.94. The second kappa shape index (κ2) is 4.80. The van der Waals surface area contributed by atoms with Gasteiger partial charge in [0, 0.05) is 6.26 Å². The van der Waals surface area contributed by atoms with Crippen LogP contribution in [-0.4, -0.2) is 43.6 Å². The number of carboxylic acid groups (broad SMARTS) is 1. The van der Waals surface area contributed by atoms with E-state index < -0.39 is 27.9 Å². The molecule has 0 saturated heterocycles. The molecule has 0 aromatic rings. The van der Waals surface area contributed by atoms with E-state index in [0.717, 1.165) is 6.26 Å². The largest absolute Gasteiger partial charge is 0.465 e. The van der Waals surface area contributed by atoms with E-state index in [4.69, 9.17) is 10.8 Å². The molecule has 0 radical (unpaired) electrons. The topological polar surface area (TPSA) is 127 Å². The molecule has 0 aliphatic carbocycles. The fourth-order valence-electron chi connectivity index (χ4n) is 0.767. The van der Waals surface area contributed by atoms with Crippen molar-refractivity contribution in [3.63, 3.8) is 0 Å². The Morgan fingerprint density at radius 1 is 1.50 bits per heavy atom. The Morgan fingerprint density at radius 2 is 2.00 bits per heavy atom. The van der Waals surface area contributed by atoms with Gasteiger partial charge in [-0.15, -0.1) is 0 Å². The molecular weight excluding hydrogens is 212 g/mol. The van der Waals surface area contributed by atoms with Crippen LogP contribution in [0, 0.1) is 0 Å². The standard InChI is InChI=1S/C6H12N2O5S/c1-14(12,13)3-2-4(5(7)9)8-6(10)11/h4,8H,2-3H2,1H3,(H2,7,9)(H,10,11)/t4-/m0/s1. The van der Waals surface area contributed by atoms with E-state index >= 15 is 0 Å². The number of amides is 2. The molecule has 0 fully saturated rings. The number of carbonyl (C=O) groups excluding carboxylic acids is 1. The highest BCUT2D eigenvalue weighted by molar-refractivity contribution is 7.90. The van der Waals surface area contributed by atoms with Crippen molar-refractivity contribution in [2.24, 2.45) is 5.73 Å². The fourth-order valence-corrected chi connectivity index (χ4v) is 1.43. The van der Waals surface area contributed by atoms with Gasteiger partial charge in [0.15, 0.2) is 0 Å². The lowest BCUT2D eigenvalue weighted by atomic mass is 10.2. The number of hydrogen-bond acceptors (Lipinski definition) is 4. The Kier molecular flexibility index (Phi) is 4.35. The van der Waals surface area contributed by atoms with Gasteiger partial charge in [-0.1, -0.05) is 0 Å². The maximum absolute atomic E-state index is 10.7. The third kappa shape index (κ3) is 6.23. The Balaban J connectivity index is 4.25. The molecule has 82 valence electrons. The molecule has 0 heterocycles. The molecule has 0 unspecified atom stereocenters. The summed E-state index contributed by atoms with van der Waals surface area (Å²) in [6.07, 6.45) is -0.575. The van der Waals surface area contributed by atoms with Crippen molar-refractivity contribution in [2.45, 2.75) is 12.5 Å². The maximum Gasteiger partial charge on any atom is 0.405 e. The lowest BCUT2D eigenvalue weighted by molar-refractivity contribution is -0.119. The van der Waals surface area contributed by atoms with E-state index in [2.05, 4.69) is 0 Å². The van der Waals surface area contributed by atoms with Crippen LogP contribution in [0.3, 0.4) is 0 Å². The van der Waals surface area contributed by atoms with Gasteiger partial charge >= 0.3 is 6.09 Å². The van der Waals surface area contributed by atoms with Crippen LogP contribution in [-0.2, 0) is 14.6 Å². The van der Waals surface area contributed by atoms with E-state index in [-0.39, 0.29) is 12.2 Å². The zero-order valence-corrected chi connectivity index (χ0v) is 8.37. The Hall–Kier alpha value is -1.31. The summed E-state index contributed by atoms with van der Waals surface area (Å²) in [7, 11) is -3.23. The van der Waals surface area contributed by atoms with Crippen molar-refractivity contribution >= 4 is 21.8 Å². The number of nitrogens with two attached hydrogens (primary N) is 1. The number of rotatable bonds is 5. The molecule has 0 aliphatic heterocycles. The highest BCUT2D eigenvalue weighted by Gasteiger charge is 2.19. The number of nitrogens with one attached hydrogen (secondary N) is 1. The second-order valence-corrected chi connectivity index (χ2v) is 5.08. The molecule has 0 bridgehead atoms. The summed E-state index contributed by atoms with van der Waals surface area (Å²) in [5, 5.41) is 10.1. The molecule has 14 heavy (non-hydrogen) atoms. The first-order valence-electron chi connectivity index (χ1n) is 3.69. The van der Waals surface area contributed by atoms with Crippen LogP contribution < -0.4 is 11.1 Å². The first-order valence-corrected chi connectivity index (χ1v) is 5.75. The quantitative estimate of drug-likeness (QED) is 0.526. The predicted octanol–water partition coefficient (Wildman–Crippen LogP) is -1.46. The molecule has 0 spiro atoms. The minimum atomic E-state index is -3.23. The van der Waals surface area contributed by atoms with Gasteiger partial charge in [-0.3, -0.25) is 4.79 Å². The summed E-state index contributed by atoms with van der Waals surface area (Å²) in [6.45, 7) is 0. The number of sulfone groups is 1. The summed E-state index contributed by atoms with van der Waals surface area (Å²) >= 11 is 0. The van der Waals surface area contributed by atoms with Gasteiger partial charge in [0.05, 0.1) is 5.75 Å². The van der Waals surface area contributed by atoms with E-state index in [1.54, 1.807) is 0 Å². The van der Waals surface area contributed by atoms with Crippen LogP contribution in [0.1, 0.15) is 6.42 Å². The molecule has 0 aromatic carbocycles. The van der Waals surface area contributed by atoms with Gasteiger partial charge in [0.1, 0.15) is 15.9 Å². The van der Waals surface area contributed by atoms with E-state index in [0.29, 0.717) is 0 Å². The molecular formula is C6H12N2O5S. The van der Waals surface area contributed by atoms with Crippen LogP contribution in [0.15, 0.2) is 0 Å².